The molecule has 334 valence electrons. The molecule has 0 aliphatic heterocycles. The highest BCUT2D eigenvalue weighted by Crippen LogP contribution is 2.43. The fraction of sp³-hybridized carbons (Fsp3) is 0.717. The molecule has 0 spiro atoms. The van der Waals surface area contributed by atoms with Crippen LogP contribution in [0.1, 0.15) is 181 Å². The Morgan fingerprint density at radius 1 is 0.552 bits per heavy atom. The molecule has 1 amide bonds. The number of carbonyl (C=O) groups is 3. The summed E-state index contributed by atoms with van der Waals surface area (Å²) in [7, 11) is -4.77. The van der Waals surface area contributed by atoms with Crippen molar-refractivity contribution in [1.29, 1.82) is 0 Å². The largest absolute Gasteiger partial charge is 0.480 e. The highest BCUT2D eigenvalue weighted by atomic mass is 31.2. The van der Waals surface area contributed by atoms with Gasteiger partial charge in [-0.2, -0.15) is 0 Å². The van der Waals surface area contributed by atoms with Gasteiger partial charge in [-0.15, -0.1) is 0 Å². The normalized spacial score (nSPS) is 14.3. The molecule has 0 aromatic rings. The summed E-state index contributed by atoms with van der Waals surface area (Å²) in [5.41, 5.74) is 0. The summed E-state index contributed by atoms with van der Waals surface area (Å²) in [5.74, 6) is -2.42. The van der Waals surface area contributed by atoms with Crippen LogP contribution in [0.25, 0.3) is 0 Å². The van der Waals surface area contributed by atoms with E-state index in [1.807, 2.05) is 0 Å². The molecule has 0 radical (unpaired) electrons. The Balaban J connectivity index is 3.97. The molecule has 0 bridgehead atoms. The van der Waals surface area contributed by atoms with Crippen molar-refractivity contribution in [2.24, 2.45) is 0 Å². The monoisotopic (exact) mass is 838 g/mol. The van der Waals surface area contributed by atoms with Crippen molar-refractivity contribution in [2.45, 2.75) is 193 Å². The molecule has 3 atom stereocenters. The standard InChI is InChI=1S/C46H80NO10P/c1-3-5-7-9-11-13-15-17-19-20-21-22-24-26-28-30-32-34-36-38-45(50)55-39-42(48)40-56-58(53,54)57-41-43(46(51)52)47-44(49)37-35-33-31-29-27-25-23-18-16-14-12-10-8-6-4-2/h11,13,17-19,21-23,26,28,42-43,48H,3-10,12,14-16,20,24-25,27,29-41H2,1-2H3,(H,47,49)(H,51,52)(H,53,54)/b13-11-,19-17-,22-21-,23-18-,28-26-. The van der Waals surface area contributed by atoms with E-state index in [2.05, 4.69) is 79.9 Å². The van der Waals surface area contributed by atoms with Crippen molar-refractivity contribution in [2.75, 3.05) is 19.8 Å². The van der Waals surface area contributed by atoms with Crippen LogP contribution in [0.15, 0.2) is 60.8 Å². The van der Waals surface area contributed by atoms with Crippen molar-refractivity contribution in [1.82, 2.24) is 5.32 Å². The van der Waals surface area contributed by atoms with E-state index >= 15 is 0 Å². The first kappa shape index (κ1) is 55.2. The minimum atomic E-state index is -4.77. The third-order valence-electron chi connectivity index (χ3n) is 9.28. The lowest BCUT2D eigenvalue weighted by Crippen LogP contribution is -2.43. The van der Waals surface area contributed by atoms with Crippen LogP contribution in [0.2, 0.25) is 0 Å². The van der Waals surface area contributed by atoms with Crippen LogP contribution in [0.5, 0.6) is 0 Å². The van der Waals surface area contributed by atoms with Gasteiger partial charge in [-0.3, -0.25) is 18.6 Å². The molecule has 0 aliphatic rings. The number of rotatable bonds is 41. The van der Waals surface area contributed by atoms with Gasteiger partial charge in [-0.05, 0) is 83.5 Å². The highest BCUT2D eigenvalue weighted by Gasteiger charge is 2.28. The Morgan fingerprint density at radius 2 is 0.948 bits per heavy atom. The van der Waals surface area contributed by atoms with Gasteiger partial charge in [0.25, 0.3) is 0 Å². The molecule has 0 fully saturated rings. The van der Waals surface area contributed by atoms with E-state index in [4.69, 9.17) is 13.8 Å². The second-order valence-corrected chi connectivity index (χ2v) is 16.3. The lowest BCUT2D eigenvalue weighted by molar-refractivity contribution is -0.147. The predicted molar refractivity (Wildman–Crippen MR) is 235 cm³/mol. The number of carboxylic acids is 1. The van der Waals surface area contributed by atoms with Crippen LogP contribution in [0.3, 0.4) is 0 Å². The Kier molecular flexibility index (Phi) is 38.9. The van der Waals surface area contributed by atoms with Crippen LogP contribution in [-0.2, 0) is 32.7 Å². The number of carbonyl (C=O) groups excluding carboxylic acids is 2. The zero-order valence-corrected chi connectivity index (χ0v) is 37.0. The van der Waals surface area contributed by atoms with Crippen LogP contribution in [-0.4, -0.2) is 64.9 Å². The fourth-order valence-corrected chi connectivity index (χ4v) is 6.53. The Labute approximate surface area is 351 Å². The smallest absolute Gasteiger partial charge is 0.472 e. The number of aliphatic hydroxyl groups excluding tert-OH is 1. The van der Waals surface area contributed by atoms with E-state index in [1.165, 1.54) is 64.2 Å². The van der Waals surface area contributed by atoms with Gasteiger partial charge in [0.05, 0.1) is 13.2 Å². The molecule has 4 N–H and O–H groups in total. The maximum atomic E-state index is 12.3. The predicted octanol–water partition coefficient (Wildman–Crippen LogP) is 11.6. The number of allylic oxidation sites excluding steroid dienone is 10. The van der Waals surface area contributed by atoms with Crippen molar-refractivity contribution >= 4 is 25.7 Å². The number of amides is 1. The van der Waals surface area contributed by atoms with E-state index in [0.29, 0.717) is 12.8 Å². The number of ether oxygens (including phenoxy) is 1. The third kappa shape index (κ3) is 40.0. The first-order valence-electron chi connectivity index (χ1n) is 22.3. The molecule has 11 nitrogen and oxygen atoms in total. The Hall–Kier alpha value is -2.82. The van der Waals surface area contributed by atoms with Crippen LogP contribution in [0, 0.1) is 0 Å². The first-order valence-corrected chi connectivity index (χ1v) is 23.8. The zero-order valence-electron chi connectivity index (χ0n) is 36.1. The van der Waals surface area contributed by atoms with E-state index in [9.17, 15) is 34.1 Å². The summed E-state index contributed by atoms with van der Waals surface area (Å²) in [6.45, 7) is 2.51. The van der Waals surface area contributed by atoms with Crippen molar-refractivity contribution in [3.63, 3.8) is 0 Å². The lowest BCUT2D eigenvalue weighted by atomic mass is 10.1. The second kappa shape index (κ2) is 40.9. The quantitative estimate of drug-likeness (QED) is 0.0201. The van der Waals surface area contributed by atoms with Gasteiger partial charge in [0.15, 0.2) is 6.04 Å². The van der Waals surface area contributed by atoms with Gasteiger partial charge >= 0.3 is 19.8 Å². The third-order valence-corrected chi connectivity index (χ3v) is 10.2. The number of aliphatic carboxylic acids is 1. The van der Waals surface area contributed by atoms with Crippen molar-refractivity contribution < 1.29 is 47.8 Å². The molecule has 0 aromatic carbocycles. The van der Waals surface area contributed by atoms with Crippen LogP contribution >= 0.6 is 7.82 Å². The van der Waals surface area contributed by atoms with Gasteiger partial charge in [-0.25, -0.2) is 9.36 Å². The van der Waals surface area contributed by atoms with Gasteiger partial charge in [0.2, 0.25) is 5.91 Å². The van der Waals surface area contributed by atoms with E-state index in [-0.39, 0.29) is 12.8 Å². The molecule has 0 heterocycles. The minimum Gasteiger partial charge on any atom is -0.480 e. The summed E-state index contributed by atoms with van der Waals surface area (Å²) in [6.07, 6.45) is 46.7. The number of hydrogen-bond acceptors (Lipinski definition) is 8. The summed E-state index contributed by atoms with van der Waals surface area (Å²) in [4.78, 5) is 45.9. The van der Waals surface area contributed by atoms with Crippen LogP contribution < -0.4 is 5.32 Å². The Bertz CT molecular complexity index is 1210. The average molecular weight is 838 g/mol. The number of phosphoric acid groups is 1. The van der Waals surface area contributed by atoms with Gasteiger partial charge in [-0.1, -0.05) is 145 Å². The van der Waals surface area contributed by atoms with E-state index < -0.39 is 57.6 Å². The second-order valence-electron chi connectivity index (χ2n) is 14.9. The molecule has 0 aliphatic carbocycles. The molecule has 0 aromatic heterocycles. The molecular formula is C46H80NO10P. The van der Waals surface area contributed by atoms with Crippen molar-refractivity contribution in [3.8, 4) is 0 Å². The molecule has 0 saturated heterocycles. The van der Waals surface area contributed by atoms with Crippen molar-refractivity contribution in [3.05, 3.63) is 60.8 Å². The van der Waals surface area contributed by atoms with Crippen LogP contribution in [0.4, 0.5) is 0 Å². The van der Waals surface area contributed by atoms with Gasteiger partial charge in [0, 0.05) is 12.8 Å². The molecular weight excluding hydrogens is 757 g/mol. The maximum absolute atomic E-state index is 12.3. The number of esters is 1. The summed E-state index contributed by atoms with van der Waals surface area (Å²) in [5, 5.41) is 21.8. The molecule has 58 heavy (non-hydrogen) atoms. The number of unbranched alkanes of at least 4 members (excludes halogenated alkanes) is 17. The number of aliphatic hydroxyl groups is 1. The highest BCUT2D eigenvalue weighted by molar-refractivity contribution is 7.47. The summed E-state index contributed by atoms with van der Waals surface area (Å²) < 4.78 is 26.8. The van der Waals surface area contributed by atoms with E-state index in [1.54, 1.807) is 0 Å². The SMILES string of the molecule is CCCCC/C=C\C/C=C\C/C=C\C/C=C\CCCCCC(=O)OCC(O)COP(=O)(O)OCC(NC(=O)CCCCCCC/C=C\CCCCCCCC)C(=O)O. The Morgan fingerprint density at radius 3 is 1.48 bits per heavy atom. The zero-order chi connectivity index (χ0) is 42.8. The molecule has 12 heteroatoms. The van der Waals surface area contributed by atoms with E-state index in [0.717, 1.165) is 77.0 Å². The fourth-order valence-electron chi connectivity index (χ4n) is 5.76. The topological polar surface area (TPSA) is 169 Å². The molecule has 0 saturated carbocycles. The summed E-state index contributed by atoms with van der Waals surface area (Å²) >= 11 is 0. The average Bonchev–Trinajstić information content (AvgIpc) is 3.20. The summed E-state index contributed by atoms with van der Waals surface area (Å²) in [6, 6.07) is -1.56. The first-order chi connectivity index (χ1) is 28.1. The van der Waals surface area contributed by atoms with Gasteiger partial charge in [0.1, 0.15) is 12.7 Å². The molecule has 0 rings (SSSR count). The number of nitrogens with one attached hydrogen (secondary N) is 1. The minimum absolute atomic E-state index is 0.131. The van der Waals surface area contributed by atoms with Gasteiger partial charge < -0.3 is 25.2 Å². The number of phosphoric ester groups is 1. The lowest BCUT2D eigenvalue weighted by Gasteiger charge is -2.18. The number of carboxylic acid groups (broad SMARTS) is 1. The maximum Gasteiger partial charge on any atom is 0.472 e. The molecule has 3 unspecified atom stereocenters. The number of hydrogen-bond donors (Lipinski definition) is 4.